The summed E-state index contributed by atoms with van der Waals surface area (Å²) in [4.78, 5) is 9.83. The molecular formula is C13H19N5S. The quantitative estimate of drug-likeness (QED) is 0.535. The van der Waals surface area contributed by atoms with Gasteiger partial charge in [0.15, 0.2) is 0 Å². The fraction of sp³-hybridized carbons (Fsp3) is 0.385. The van der Waals surface area contributed by atoms with Gasteiger partial charge in [0.25, 0.3) is 0 Å². The number of thiophene rings is 1. The van der Waals surface area contributed by atoms with Crippen molar-refractivity contribution in [3.05, 3.63) is 34.3 Å². The molecule has 0 aliphatic rings. The van der Waals surface area contributed by atoms with Gasteiger partial charge in [-0.25, -0.2) is 15.8 Å². The topological polar surface area (TPSA) is 75.9 Å². The number of nitrogens with one attached hydrogen (secondary N) is 2. The van der Waals surface area contributed by atoms with Crippen LogP contribution in [0.1, 0.15) is 23.8 Å². The molecule has 0 amide bonds. The predicted molar refractivity (Wildman–Crippen MR) is 80.3 cm³/mol. The Kier molecular flexibility index (Phi) is 5.11. The summed E-state index contributed by atoms with van der Waals surface area (Å²) < 4.78 is 0. The lowest BCUT2D eigenvalue weighted by Crippen LogP contribution is -2.15. The highest BCUT2D eigenvalue weighted by Crippen LogP contribution is 2.21. The first-order valence-electron chi connectivity index (χ1n) is 6.42. The van der Waals surface area contributed by atoms with Crippen LogP contribution in [0.15, 0.2) is 23.8 Å². The van der Waals surface area contributed by atoms with Crippen molar-refractivity contribution >= 4 is 23.0 Å². The van der Waals surface area contributed by atoms with Crippen molar-refractivity contribution in [2.45, 2.75) is 26.2 Å². The average Bonchev–Trinajstić information content (AvgIpc) is 2.94. The molecule has 0 aliphatic heterocycles. The molecule has 5 nitrogen and oxygen atoms in total. The van der Waals surface area contributed by atoms with Crippen LogP contribution in [-0.2, 0) is 12.8 Å². The van der Waals surface area contributed by atoms with Gasteiger partial charge in [0.2, 0.25) is 0 Å². The van der Waals surface area contributed by atoms with Crippen molar-refractivity contribution in [2.75, 3.05) is 17.3 Å². The summed E-state index contributed by atoms with van der Waals surface area (Å²) in [5.74, 6) is 7.07. The molecule has 19 heavy (non-hydrogen) atoms. The summed E-state index contributed by atoms with van der Waals surface area (Å²) in [5, 5.41) is 5.47. The number of nitrogen functional groups attached to an aromatic ring is 1. The van der Waals surface area contributed by atoms with Crippen molar-refractivity contribution in [3.8, 4) is 0 Å². The smallest absolute Gasteiger partial charge is 0.148 e. The second-order valence-electron chi connectivity index (χ2n) is 4.20. The van der Waals surface area contributed by atoms with Crippen molar-refractivity contribution in [1.82, 2.24) is 9.97 Å². The van der Waals surface area contributed by atoms with Crippen LogP contribution in [0.2, 0.25) is 0 Å². The standard InChI is InChI=1S/C13H19N5S/c1-2-4-11-12(16-9-17-13(11)18-14)15-7-6-10-5-3-8-19-10/h3,5,8-9H,2,4,6-7,14H2,1H3,(H2,15,16,17,18). The molecule has 0 saturated carbocycles. The molecule has 0 spiro atoms. The number of hydrogen-bond donors (Lipinski definition) is 3. The van der Waals surface area contributed by atoms with E-state index in [2.05, 4.69) is 45.1 Å². The first kappa shape index (κ1) is 13.8. The summed E-state index contributed by atoms with van der Waals surface area (Å²) in [6, 6.07) is 4.22. The lowest BCUT2D eigenvalue weighted by molar-refractivity contribution is 0.894. The Hall–Kier alpha value is -1.66. The van der Waals surface area contributed by atoms with Gasteiger partial charge < -0.3 is 10.7 Å². The first-order chi connectivity index (χ1) is 9.35. The molecule has 0 saturated heterocycles. The molecule has 0 radical (unpaired) electrons. The number of nitrogens with zero attached hydrogens (tertiary/aromatic N) is 2. The minimum Gasteiger partial charge on any atom is -0.369 e. The number of aromatic nitrogens is 2. The van der Waals surface area contributed by atoms with Crippen LogP contribution in [0.25, 0.3) is 0 Å². The third-order valence-electron chi connectivity index (χ3n) is 2.83. The maximum atomic E-state index is 5.49. The van der Waals surface area contributed by atoms with Gasteiger partial charge in [0, 0.05) is 17.0 Å². The maximum Gasteiger partial charge on any atom is 0.148 e. The molecule has 0 aromatic carbocycles. The van der Waals surface area contributed by atoms with Gasteiger partial charge in [-0.3, -0.25) is 0 Å². The zero-order chi connectivity index (χ0) is 13.5. The van der Waals surface area contributed by atoms with Crippen LogP contribution in [0.3, 0.4) is 0 Å². The molecule has 0 fully saturated rings. The van der Waals surface area contributed by atoms with E-state index in [0.29, 0.717) is 5.82 Å². The van der Waals surface area contributed by atoms with Gasteiger partial charge in [-0.05, 0) is 24.3 Å². The highest BCUT2D eigenvalue weighted by molar-refractivity contribution is 7.09. The van der Waals surface area contributed by atoms with Crippen LogP contribution in [0.4, 0.5) is 11.6 Å². The van der Waals surface area contributed by atoms with E-state index < -0.39 is 0 Å². The van der Waals surface area contributed by atoms with Gasteiger partial charge >= 0.3 is 0 Å². The lowest BCUT2D eigenvalue weighted by Gasteiger charge is -2.13. The van der Waals surface area contributed by atoms with Crippen LogP contribution in [0, 0.1) is 0 Å². The van der Waals surface area contributed by atoms with Crippen molar-refractivity contribution in [2.24, 2.45) is 5.84 Å². The lowest BCUT2D eigenvalue weighted by atomic mass is 10.1. The Morgan fingerprint density at radius 3 is 2.79 bits per heavy atom. The van der Waals surface area contributed by atoms with E-state index in [1.807, 2.05) is 0 Å². The Morgan fingerprint density at radius 2 is 2.11 bits per heavy atom. The first-order valence-corrected chi connectivity index (χ1v) is 7.29. The molecule has 2 aromatic heterocycles. The zero-order valence-electron chi connectivity index (χ0n) is 11.0. The third-order valence-corrected chi connectivity index (χ3v) is 3.76. The van der Waals surface area contributed by atoms with Gasteiger partial charge in [0.1, 0.15) is 18.0 Å². The Morgan fingerprint density at radius 1 is 1.26 bits per heavy atom. The molecular weight excluding hydrogens is 258 g/mol. The van der Waals surface area contributed by atoms with E-state index in [9.17, 15) is 0 Å². The third kappa shape index (κ3) is 3.65. The van der Waals surface area contributed by atoms with Crippen LogP contribution >= 0.6 is 11.3 Å². The van der Waals surface area contributed by atoms with Gasteiger partial charge in [-0.15, -0.1) is 11.3 Å². The Balaban J connectivity index is 2.02. The number of rotatable bonds is 7. The van der Waals surface area contributed by atoms with Gasteiger partial charge in [-0.2, -0.15) is 0 Å². The van der Waals surface area contributed by atoms with Crippen molar-refractivity contribution < 1.29 is 0 Å². The van der Waals surface area contributed by atoms with Gasteiger partial charge in [0.05, 0.1) is 0 Å². The number of nitrogens with two attached hydrogens (primary N) is 1. The predicted octanol–water partition coefficient (Wildman–Crippen LogP) is 2.43. The molecule has 0 aliphatic carbocycles. The normalized spacial score (nSPS) is 10.4. The van der Waals surface area contributed by atoms with Crippen molar-refractivity contribution in [1.29, 1.82) is 0 Å². The summed E-state index contributed by atoms with van der Waals surface area (Å²) >= 11 is 1.78. The largest absolute Gasteiger partial charge is 0.369 e. The minimum absolute atomic E-state index is 0.704. The molecule has 6 heteroatoms. The molecule has 0 atom stereocenters. The molecule has 2 heterocycles. The summed E-state index contributed by atoms with van der Waals surface area (Å²) in [5.41, 5.74) is 3.69. The van der Waals surface area contributed by atoms with Crippen LogP contribution in [0.5, 0.6) is 0 Å². The maximum absolute atomic E-state index is 5.49. The summed E-state index contributed by atoms with van der Waals surface area (Å²) in [6.45, 7) is 2.99. The van der Waals surface area contributed by atoms with E-state index in [-0.39, 0.29) is 0 Å². The van der Waals surface area contributed by atoms with Crippen LogP contribution in [-0.4, -0.2) is 16.5 Å². The SMILES string of the molecule is CCCc1c(NN)ncnc1NCCc1cccs1. The van der Waals surface area contributed by atoms with Gasteiger partial charge in [-0.1, -0.05) is 19.4 Å². The van der Waals surface area contributed by atoms with E-state index >= 15 is 0 Å². The molecule has 0 unspecified atom stereocenters. The molecule has 2 aromatic rings. The fourth-order valence-corrected chi connectivity index (χ4v) is 2.64. The second kappa shape index (κ2) is 7.06. The fourth-order valence-electron chi connectivity index (χ4n) is 1.93. The highest BCUT2D eigenvalue weighted by atomic mass is 32.1. The monoisotopic (exact) mass is 277 g/mol. The molecule has 4 N–H and O–H groups in total. The molecule has 2 rings (SSSR count). The Labute approximate surface area is 117 Å². The minimum atomic E-state index is 0.704. The van der Waals surface area contributed by atoms with E-state index in [0.717, 1.165) is 37.2 Å². The van der Waals surface area contributed by atoms with Crippen LogP contribution < -0.4 is 16.6 Å². The average molecular weight is 277 g/mol. The van der Waals surface area contributed by atoms with E-state index in [1.165, 1.54) is 11.2 Å². The summed E-state index contributed by atoms with van der Waals surface area (Å²) in [7, 11) is 0. The summed E-state index contributed by atoms with van der Waals surface area (Å²) in [6.07, 6.45) is 4.46. The molecule has 102 valence electrons. The number of hydrazine groups is 1. The van der Waals surface area contributed by atoms with Crippen molar-refractivity contribution in [3.63, 3.8) is 0 Å². The highest BCUT2D eigenvalue weighted by Gasteiger charge is 2.09. The Bertz CT molecular complexity index is 498. The van der Waals surface area contributed by atoms with E-state index in [1.54, 1.807) is 11.3 Å². The zero-order valence-corrected chi connectivity index (χ0v) is 11.8. The molecule has 0 bridgehead atoms. The number of hydrogen-bond acceptors (Lipinski definition) is 6. The second-order valence-corrected chi connectivity index (χ2v) is 5.23. The number of anilines is 2. The van der Waals surface area contributed by atoms with E-state index in [4.69, 9.17) is 5.84 Å².